The van der Waals surface area contributed by atoms with Crippen LogP contribution in [0.4, 0.5) is 10.5 Å². The number of rotatable bonds is 5. The van der Waals surface area contributed by atoms with E-state index >= 15 is 0 Å². The first-order chi connectivity index (χ1) is 10.8. The Morgan fingerprint density at radius 2 is 1.67 bits per heavy atom. The molecule has 0 saturated carbocycles. The minimum absolute atomic E-state index is 0.122. The molecule has 0 bridgehead atoms. The van der Waals surface area contributed by atoms with Crippen molar-refractivity contribution in [3.8, 4) is 0 Å². The SMILES string of the molecule is CC(C)(C)OC(=O)NC(c1ccc([N+](=O)[O-])cc1)C(C)(C)C(=O)O. The van der Waals surface area contributed by atoms with Crippen LogP contribution < -0.4 is 5.32 Å². The number of hydrogen-bond acceptors (Lipinski definition) is 5. The van der Waals surface area contributed by atoms with Crippen molar-refractivity contribution < 1.29 is 24.4 Å². The van der Waals surface area contributed by atoms with E-state index in [0.717, 1.165) is 0 Å². The summed E-state index contributed by atoms with van der Waals surface area (Å²) in [5.41, 5.74) is -1.79. The smallest absolute Gasteiger partial charge is 0.408 e. The van der Waals surface area contributed by atoms with Crippen LogP contribution in [0, 0.1) is 15.5 Å². The molecular weight excluding hydrogens is 316 g/mol. The Bertz CT molecular complexity index is 631. The third-order valence-corrected chi connectivity index (χ3v) is 3.37. The molecule has 0 fully saturated rings. The van der Waals surface area contributed by atoms with Gasteiger partial charge in [-0.25, -0.2) is 4.79 Å². The predicted molar refractivity (Wildman–Crippen MR) is 86.6 cm³/mol. The maximum Gasteiger partial charge on any atom is 0.408 e. The minimum atomic E-state index is -1.35. The van der Waals surface area contributed by atoms with Crippen molar-refractivity contribution in [1.82, 2.24) is 5.32 Å². The van der Waals surface area contributed by atoms with Gasteiger partial charge in [0.2, 0.25) is 0 Å². The predicted octanol–water partition coefficient (Wildman–Crippen LogP) is 3.27. The molecule has 0 heterocycles. The number of nitro benzene ring substituents is 1. The molecule has 8 heteroatoms. The maximum absolute atomic E-state index is 12.1. The topological polar surface area (TPSA) is 119 Å². The molecule has 132 valence electrons. The van der Waals surface area contributed by atoms with Gasteiger partial charge in [-0.1, -0.05) is 12.1 Å². The summed E-state index contributed by atoms with van der Waals surface area (Å²) in [6, 6.07) is 4.44. The molecule has 1 atom stereocenters. The second kappa shape index (κ2) is 6.86. The van der Waals surface area contributed by atoms with E-state index in [1.807, 2.05) is 0 Å². The molecule has 2 N–H and O–H groups in total. The van der Waals surface area contributed by atoms with E-state index in [-0.39, 0.29) is 5.69 Å². The molecule has 1 unspecified atom stereocenters. The number of nitro groups is 1. The third kappa shape index (κ3) is 4.94. The van der Waals surface area contributed by atoms with Gasteiger partial charge >= 0.3 is 12.1 Å². The van der Waals surface area contributed by atoms with Crippen LogP contribution in [0.5, 0.6) is 0 Å². The number of carboxylic acids is 1. The van der Waals surface area contributed by atoms with E-state index in [1.54, 1.807) is 20.8 Å². The van der Waals surface area contributed by atoms with Crippen molar-refractivity contribution in [3.05, 3.63) is 39.9 Å². The van der Waals surface area contributed by atoms with Gasteiger partial charge in [0.1, 0.15) is 5.60 Å². The zero-order chi connectivity index (χ0) is 18.7. The first kappa shape index (κ1) is 19.4. The summed E-state index contributed by atoms with van der Waals surface area (Å²) in [5, 5.41) is 22.8. The van der Waals surface area contributed by atoms with Crippen molar-refractivity contribution in [2.24, 2.45) is 5.41 Å². The minimum Gasteiger partial charge on any atom is -0.481 e. The summed E-state index contributed by atoms with van der Waals surface area (Å²) >= 11 is 0. The van der Waals surface area contributed by atoms with Gasteiger partial charge < -0.3 is 15.2 Å². The zero-order valence-corrected chi connectivity index (χ0v) is 14.3. The van der Waals surface area contributed by atoms with E-state index < -0.39 is 34.0 Å². The number of ether oxygens (including phenoxy) is 1. The van der Waals surface area contributed by atoms with Crippen molar-refractivity contribution >= 4 is 17.7 Å². The fraction of sp³-hybridized carbons (Fsp3) is 0.500. The van der Waals surface area contributed by atoms with Crippen LogP contribution in [-0.4, -0.2) is 27.7 Å². The number of non-ortho nitro benzene ring substituents is 1. The van der Waals surface area contributed by atoms with Crippen molar-refractivity contribution in [1.29, 1.82) is 0 Å². The third-order valence-electron chi connectivity index (χ3n) is 3.37. The quantitative estimate of drug-likeness (QED) is 0.628. The van der Waals surface area contributed by atoms with Crippen LogP contribution in [-0.2, 0) is 9.53 Å². The summed E-state index contributed by atoms with van der Waals surface area (Å²) in [5.74, 6) is -1.12. The molecule has 8 nitrogen and oxygen atoms in total. The van der Waals surface area contributed by atoms with Crippen LogP contribution in [0.15, 0.2) is 24.3 Å². The normalized spacial score (nSPS) is 13.0. The Hall–Kier alpha value is -2.64. The Morgan fingerprint density at radius 1 is 1.17 bits per heavy atom. The summed E-state index contributed by atoms with van der Waals surface area (Å²) < 4.78 is 5.18. The monoisotopic (exact) mass is 338 g/mol. The van der Waals surface area contributed by atoms with E-state index in [9.17, 15) is 24.8 Å². The van der Waals surface area contributed by atoms with Gasteiger partial charge in [-0.05, 0) is 40.2 Å². The number of benzene rings is 1. The average Bonchev–Trinajstić information content (AvgIpc) is 2.42. The number of carbonyl (C=O) groups excluding carboxylic acids is 1. The van der Waals surface area contributed by atoms with Crippen molar-refractivity contribution in [2.75, 3.05) is 0 Å². The largest absolute Gasteiger partial charge is 0.481 e. The number of hydrogen-bond donors (Lipinski definition) is 2. The highest BCUT2D eigenvalue weighted by atomic mass is 16.6. The van der Waals surface area contributed by atoms with Gasteiger partial charge in [0.15, 0.2) is 0 Å². The Balaban J connectivity index is 3.17. The highest BCUT2D eigenvalue weighted by Gasteiger charge is 2.40. The second-order valence-corrected chi connectivity index (χ2v) is 6.95. The molecule has 0 aliphatic carbocycles. The van der Waals surface area contributed by atoms with E-state index in [1.165, 1.54) is 38.1 Å². The van der Waals surface area contributed by atoms with Crippen molar-refractivity contribution in [3.63, 3.8) is 0 Å². The van der Waals surface area contributed by atoms with E-state index in [4.69, 9.17) is 4.74 Å². The van der Waals surface area contributed by atoms with Gasteiger partial charge in [0.25, 0.3) is 5.69 Å². The zero-order valence-electron chi connectivity index (χ0n) is 14.3. The summed E-state index contributed by atoms with van der Waals surface area (Å²) in [4.78, 5) is 33.8. The number of nitrogens with one attached hydrogen (secondary N) is 1. The van der Waals surface area contributed by atoms with Crippen LogP contribution in [0.2, 0.25) is 0 Å². The van der Waals surface area contributed by atoms with Gasteiger partial charge in [-0.2, -0.15) is 0 Å². The van der Waals surface area contributed by atoms with Gasteiger partial charge in [0, 0.05) is 12.1 Å². The molecule has 1 amide bonds. The van der Waals surface area contributed by atoms with E-state index in [2.05, 4.69) is 5.32 Å². The number of aliphatic carboxylic acids is 1. The standard InChI is InChI=1S/C16H22N2O6/c1-15(2,3)24-14(21)17-12(16(4,5)13(19)20)10-6-8-11(9-7-10)18(22)23/h6-9,12H,1-5H3,(H,17,21)(H,19,20). The molecular formula is C16H22N2O6. The number of amides is 1. The number of carboxylic acid groups (broad SMARTS) is 1. The first-order valence-electron chi connectivity index (χ1n) is 7.32. The Labute approximate surface area is 140 Å². The fourth-order valence-electron chi connectivity index (χ4n) is 2.02. The molecule has 0 aliphatic rings. The average molecular weight is 338 g/mol. The molecule has 0 radical (unpaired) electrons. The summed E-state index contributed by atoms with van der Waals surface area (Å²) in [6.07, 6.45) is -0.764. The fourth-order valence-corrected chi connectivity index (χ4v) is 2.02. The van der Waals surface area contributed by atoms with Crippen LogP contribution in [0.3, 0.4) is 0 Å². The van der Waals surface area contributed by atoms with Crippen LogP contribution in [0.25, 0.3) is 0 Å². The number of nitrogens with zero attached hydrogens (tertiary/aromatic N) is 1. The lowest BCUT2D eigenvalue weighted by Gasteiger charge is -2.32. The first-order valence-corrected chi connectivity index (χ1v) is 7.32. The highest BCUT2D eigenvalue weighted by Crippen LogP contribution is 2.34. The second-order valence-electron chi connectivity index (χ2n) is 6.95. The lowest BCUT2D eigenvalue weighted by molar-refractivity contribution is -0.384. The Morgan fingerprint density at radius 3 is 2.04 bits per heavy atom. The molecule has 24 heavy (non-hydrogen) atoms. The van der Waals surface area contributed by atoms with Gasteiger partial charge in [-0.15, -0.1) is 0 Å². The Kier molecular flexibility index (Phi) is 5.54. The number of carbonyl (C=O) groups is 2. The lowest BCUT2D eigenvalue weighted by Crippen LogP contribution is -2.44. The molecule has 0 aromatic heterocycles. The molecule has 0 aliphatic heterocycles. The molecule has 0 spiro atoms. The van der Waals surface area contributed by atoms with E-state index in [0.29, 0.717) is 5.56 Å². The lowest BCUT2D eigenvalue weighted by atomic mass is 9.80. The van der Waals surface area contributed by atoms with Gasteiger partial charge in [0.05, 0.1) is 16.4 Å². The molecule has 0 saturated heterocycles. The summed E-state index contributed by atoms with van der Waals surface area (Å²) in [7, 11) is 0. The molecule has 1 aromatic rings. The van der Waals surface area contributed by atoms with Crippen molar-refractivity contribution in [2.45, 2.75) is 46.3 Å². The number of alkyl carbamates (subject to hydrolysis) is 1. The summed E-state index contributed by atoms with van der Waals surface area (Å²) in [6.45, 7) is 7.99. The maximum atomic E-state index is 12.1. The molecule has 1 rings (SSSR count). The molecule has 1 aromatic carbocycles. The van der Waals surface area contributed by atoms with Gasteiger partial charge in [-0.3, -0.25) is 14.9 Å². The highest BCUT2D eigenvalue weighted by molar-refractivity contribution is 5.77. The van der Waals surface area contributed by atoms with Crippen LogP contribution >= 0.6 is 0 Å². The van der Waals surface area contributed by atoms with Crippen LogP contribution in [0.1, 0.15) is 46.2 Å².